The van der Waals surface area contributed by atoms with Crippen molar-refractivity contribution in [2.75, 3.05) is 49.5 Å². The number of amides is 1. The van der Waals surface area contributed by atoms with Crippen LogP contribution in [-0.4, -0.2) is 56.0 Å². The summed E-state index contributed by atoms with van der Waals surface area (Å²) >= 11 is 1.76. The van der Waals surface area contributed by atoms with E-state index in [-0.39, 0.29) is 36.4 Å². The number of benzene rings is 1. The molecule has 1 fully saturated rings. The minimum absolute atomic E-state index is 0. The Bertz CT molecular complexity index is 854. The second-order valence-corrected chi connectivity index (χ2v) is 7.30. The lowest BCUT2D eigenvalue weighted by Gasteiger charge is -2.37. The summed E-state index contributed by atoms with van der Waals surface area (Å²) in [7, 11) is 0. The molecular weight excluding hydrogens is 497 g/mol. The van der Waals surface area contributed by atoms with Crippen molar-refractivity contribution in [1.82, 2.24) is 10.2 Å². The van der Waals surface area contributed by atoms with Crippen LogP contribution in [0.4, 0.5) is 10.7 Å². The van der Waals surface area contributed by atoms with Crippen LogP contribution in [0.2, 0.25) is 0 Å². The van der Waals surface area contributed by atoms with Crippen LogP contribution in [0.15, 0.2) is 46.8 Å². The van der Waals surface area contributed by atoms with Gasteiger partial charge in [0.15, 0.2) is 5.96 Å². The molecule has 0 radical (unpaired) electrons. The van der Waals surface area contributed by atoms with Gasteiger partial charge >= 0.3 is 0 Å². The van der Waals surface area contributed by atoms with Crippen molar-refractivity contribution in [3.63, 3.8) is 0 Å². The number of terminal acetylenes is 1. The minimum Gasteiger partial charge on any atom is -0.360 e. The Morgan fingerprint density at radius 1 is 1.24 bits per heavy atom. The zero-order valence-electron chi connectivity index (χ0n) is 16.4. The number of hydrogen-bond acceptors (Lipinski definition) is 4. The number of guanidine groups is 1. The lowest BCUT2D eigenvalue weighted by molar-refractivity contribution is -0.114. The fraction of sp³-hybridized carbons (Fsp3) is 0.333. The van der Waals surface area contributed by atoms with E-state index in [2.05, 4.69) is 48.9 Å². The molecule has 0 aliphatic carbocycles. The van der Waals surface area contributed by atoms with E-state index >= 15 is 0 Å². The highest BCUT2D eigenvalue weighted by Gasteiger charge is 2.20. The van der Waals surface area contributed by atoms with Gasteiger partial charge in [-0.05, 0) is 42.6 Å². The van der Waals surface area contributed by atoms with E-state index in [1.54, 1.807) is 17.4 Å². The number of thiophene rings is 1. The first kappa shape index (κ1) is 23.0. The highest BCUT2D eigenvalue weighted by Crippen LogP contribution is 2.22. The predicted octanol–water partition coefficient (Wildman–Crippen LogP) is 3.07. The Kier molecular flexibility index (Phi) is 9.28. The fourth-order valence-corrected chi connectivity index (χ4v) is 3.83. The number of halogens is 1. The first-order valence-electron chi connectivity index (χ1n) is 9.38. The van der Waals surface area contributed by atoms with Gasteiger partial charge in [-0.3, -0.25) is 4.79 Å². The van der Waals surface area contributed by atoms with Crippen molar-refractivity contribution >= 4 is 57.9 Å². The summed E-state index contributed by atoms with van der Waals surface area (Å²) in [6.07, 6.45) is 5.40. The number of aliphatic imine (C=N–C) groups is 1. The van der Waals surface area contributed by atoms with Gasteiger partial charge < -0.3 is 20.4 Å². The monoisotopic (exact) mass is 523 g/mol. The van der Waals surface area contributed by atoms with Gasteiger partial charge in [-0.1, -0.05) is 12.0 Å². The quantitative estimate of drug-likeness (QED) is 0.274. The molecule has 1 amide bonds. The largest absolute Gasteiger partial charge is 0.360 e. The van der Waals surface area contributed by atoms with Crippen molar-refractivity contribution in [3.05, 3.63) is 47.3 Å². The molecule has 8 heteroatoms. The van der Waals surface area contributed by atoms with E-state index in [0.717, 1.165) is 44.2 Å². The number of nitrogens with zero attached hydrogens (tertiary/aromatic N) is 3. The van der Waals surface area contributed by atoms with E-state index in [0.29, 0.717) is 5.69 Å². The molecule has 3 rings (SSSR count). The Morgan fingerprint density at radius 3 is 2.69 bits per heavy atom. The normalized spacial score (nSPS) is 14.0. The molecule has 6 nitrogen and oxygen atoms in total. The number of carbonyl (C=O) groups excluding carboxylic acids is 1. The van der Waals surface area contributed by atoms with Gasteiger partial charge in [0, 0.05) is 44.0 Å². The molecule has 0 atom stereocenters. The summed E-state index contributed by atoms with van der Waals surface area (Å²) < 4.78 is 0. The molecule has 1 aliphatic heterocycles. The minimum atomic E-state index is -0.165. The predicted molar refractivity (Wildman–Crippen MR) is 133 cm³/mol. The molecule has 0 saturated carbocycles. The summed E-state index contributed by atoms with van der Waals surface area (Å²) in [5.41, 5.74) is 1.42. The Hall–Kier alpha value is -2.25. The fourth-order valence-electron chi connectivity index (χ4n) is 3.05. The van der Waals surface area contributed by atoms with Crippen molar-refractivity contribution in [3.8, 4) is 12.3 Å². The van der Waals surface area contributed by atoms with Crippen LogP contribution in [0.3, 0.4) is 0 Å². The topological polar surface area (TPSA) is 60.0 Å². The first-order chi connectivity index (χ1) is 13.7. The Morgan fingerprint density at radius 2 is 2.03 bits per heavy atom. The molecule has 29 heavy (non-hydrogen) atoms. The summed E-state index contributed by atoms with van der Waals surface area (Å²) in [5.74, 6) is 3.18. The summed E-state index contributed by atoms with van der Waals surface area (Å²) in [5, 5.41) is 9.54. The zero-order chi connectivity index (χ0) is 19.8. The molecule has 0 spiro atoms. The molecule has 154 valence electrons. The van der Waals surface area contributed by atoms with Gasteiger partial charge in [-0.25, -0.2) is 4.99 Å². The van der Waals surface area contributed by atoms with Gasteiger partial charge in [0.2, 0.25) is 5.91 Å². The molecule has 2 aromatic rings. The van der Waals surface area contributed by atoms with Gasteiger partial charge in [-0.15, -0.1) is 41.7 Å². The summed E-state index contributed by atoms with van der Waals surface area (Å²) in [4.78, 5) is 21.4. The van der Waals surface area contributed by atoms with Gasteiger partial charge in [0.1, 0.15) is 6.54 Å². The molecule has 2 heterocycles. The van der Waals surface area contributed by atoms with E-state index in [9.17, 15) is 4.79 Å². The third kappa shape index (κ3) is 6.65. The molecule has 2 N–H and O–H groups in total. The lowest BCUT2D eigenvalue weighted by atomic mass is 10.2. The lowest BCUT2D eigenvalue weighted by Crippen LogP contribution is -2.52. The average molecular weight is 523 g/mol. The van der Waals surface area contributed by atoms with Gasteiger partial charge in [-0.2, -0.15) is 0 Å². The van der Waals surface area contributed by atoms with Crippen LogP contribution >= 0.6 is 35.3 Å². The molecule has 1 aliphatic rings. The average Bonchev–Trinajstić information content (AvgIpc) is 3.26. The van der Waals surface area contributed by atoms with Crippen LogP contribution in [0.1, 0.15) is 12.5 Å². The molecule has 0 unspecified atom stereocenters. The Balaban J connectivity index is 0.00000300. The van der Waals surface area contributed by atoms with Gasteiger partial charge in [0.25, 0.3) is 0 Å². The first-order valence-corrected chi connectivity index (χ1v) is 10.3. The smallest absolute Gasteiger partial charge is 0.246 e. The molecule has 0 bridgehead atoms. The molecule has 1 aromatic carbocycles. The maximum Gasteiger partial charge on any atom is 0.246 e. The number of piperazine rings is 1. The zero-order valence-corrected chi connectivity index (χ0v) is 19.6. The Labute approximate surface area is 193 Å². The number of hydrogen-bond donors (Lipinski definition) is 2. The van der Waals surface area contributed by atoms with Gasteiger partial charge in [0.05, 0.1) is 5.00 Å². The summed E-state index contributed by atoms with van der Waals surface area (Å²) in [6.45, 7) is 6.48. The van der Waals surface area contributed by atoms with Crippen molar-refractivity contribution in [2.45, 2.75) is 6.92 Å². The second-order valence-electron chi connectivity index (χ2n) is 6.37. The third-order valence-electron chi connectivity index (χ3n) is 4.42. The maximum atomic E-state index is 12.3. The van der Waals surface area contributed by atoms with E-state index in [1.807, 2.05) is 25.1 Å². The van der Waals surface area contributed by atoms with E-state index in [4.69, 9.17) is 6.42 Å². The number of nitrogens with one attached hydrogen (secondary N) is 2. The number of carbonyl (C=O) groups is 1. The second kappa shape index (κ2) is 11.7. The van der Waals surface area contributed by atoms with Crippen molar-refractivity contribution in [2.24, 2.45) is 4.99 Å². The molecular formula is C21H26IN5OS. The van der Waals surface area contributed by atoms with Crippen molar-refractivity contribution in [1.29, 1.82) is 0 Å². The highest BCUT2D eigenvalue weighted by atomic mass is 127. The number of rotatable bonds is 5. The van der Waals surface area contributed by atoms with Crippen LogP contribution in [0.25, 0.3) is 0 Å². The number of anilines is 2. The standard InChI is InChI=1S/C21H25N5OS.HI/c1-3-17-7-5-8-18(15-17)24-19(27)16-23-21(22-4-2)26-12-10-25(11-13-26)20-9-6-14-28-20;/h1,5-9,14-15H,4,10-13,16H2,2H3,(H,22,23)(H,24,27);1H. The van der Waals surface area contributed by atoms with Crippen LogP contribution in [0.5, 0.6) is 0 Å². The van der Waals surface area contributed by atoms with E-state index < -0.39 is 0 Å². The third-order valence-corrected chi connectivity index (χ3v) is 5.35. The van der Waals surface area contributed by atoms with E-state index in [1.165, 1.54) is 5.00 Å². The molecule has 1 aromatic heterocycles. The highest BCUT2D eigenvalue weighted by molar-refractivity contribution is 14.0. The van der Waals surface area contributed by atoms with Crippen LogP contribution in [0, 0.1) is 12.3 Å². The molecule has 1 saturated heterocycles. The van der Waals surface area contributed by atoms with Crippen LogP contribution in [-0.2, 0) is 4.79 Å². The van der Waals surface area contributed by atoms with Crippen molar-refractivity contribution < 1.29 is 4.79 Å². The SMILES string of the molecule is C#Cc1cccc(NC(=O)CN=C(NCC)N2CCN(c3cccs3)CC2)c1.I. The summed E-state index contributed by atoms with van der Waals surface area (Å²) in [6, 6.07) is 11.5. The van der Waals surface area contributed by atoms with Crippen LogP contribution < -0.4 is 15.5 Å². The maximum absolute atomic E-state index is 12.3.